The number of aryl methyl sites for hydroxylation is 10. The Kier molecular flexibility index (Phi) is 41.2. The molecule has 0 radical (unpaired) electrons. The van der Waals surface area contributed by atoms with Crippen molar-refractivity contribution in [2.24, 2.45) is 21.1 Å². The van der Waals surface area contributed by atoms with Crippen LogP contribution in [-0.4, -0.2) is 28.9 Å². The van der Waals surface area contributed by atoms with Gasteiger partial charge in [-0.3, -0.25) is 4.68 Å². The van der Waals surface area contributed by atoms with Crippen LogP contribution in [0, 0.1) is 55.4 Å². The molecule has 5 aromatic carbocycles. The van der Waals surface area contributed by atoms with E-state index in [1.807, 2.05) is 100 Å². The molecule has 0 N–H and O–H groups in total. The molecular formula is C81H114Cl8N6S. The number of nitrogens with zero attached hydrogens (tertiary/aromatic N) is 6. The van der Waals surface area contributed by atoms with E-state index in [9.17, 15) is 0 Å². The number of aromatic nitrogens is 6. The van der Waals surface area contributed by atoms with Crippen LogP contribution in [0.15, 0.2) is 110 Å². The van der Waals surface area contributed by atoms with Gasteiger partial charge in [0.05, 0.1) is 27.7 Å². The molecule has 0 aliphatic rings. The van der Waals surface area contributed by atoms with Gasteiger partial charge in [0.2, 0.25) is 0 Å². The highest BCUT2D eigenvalue weighted by molar-refractivity contribution is 7.16. The topological polar surface area (TPSA) is 53.5 Å². The summed E-state index contributed by atoms with van der Waals surface area (Å²) in [7, 11) is 5.77. The van der Waals surface area contributed by atoms with E-state index in [-0.39, 0.29) is 0 Å². The molecule has 0 atom stereocenters. The maximum atomic E-state index is 6.02. The molecule has 0 saturated carbocycles. The highest BCUT2D eigenvalue weighted by Gasteiger charge is 2.15. The predicted molar refractivity (Wildman–Crippen MR) is 431 cm³/mol. The molecule has 0 aliphatic heterocycles. The third-order valence-electron chi connectivity index (χ3n) is 15.8. The summed E-state index contributed by atoms with van der Waals surface area (Å²) in [5.74, 6) is 5.82. The van der Waals surface area contributed by atoms with Crippen LogP contribution in [0.1, 0.15) is 272 Å². The summed E-state index contributed by atoms with van der Waals surface area (Å²) in [4.78, 5) is 9.82. The van der Waals surface area contributed by atoms with Gasteiger partial charge in [-0.05, 0) is 224 Å². The second-order valence-electron chi connectivity index (χ2n) is 27.2. The molecule has 9 rings (SSSR count). The fourth-order valence-corrected chi connectivity index (χ4v) is 13.6. The Morgan fingerprint density at radius 3 is 1.03 bits per heavy atom. The van der Waals surface area contributed by atoms with E-state index in [4.69, 9.17) is 92.8 Å². The molecule has 0 saturated heterocycles. The SMILES string of the molecule is CC(C)c1ncn(C)c1Cl.Cc1c(Cl)cccc1C(C)C.Cc1cc(C(C)C)c(Cl)s1.Cc1ccc(Cl)cc1C(C)C.Cc1ccc(Cl)cc1C(C)C.Cc1ccc(Cl)cc1C(C)C.Cc1cccc(Cl)c1C(C)C.Cc1nc(C(C)C)cn1C.Cc1nn(C)c(Cl)c1C(C)C. The number of benzene rings is 5. The summed E-state index contributed by atoms with van der Waals surface area (Å²) in [5, 5.41) is 9.98. The minimum Gasteiger partial charge on any atom is -0.338 e. The first-order valence-electron chi connectivity index (χ1n) is 33.4. The van der Waals surface area contributed by atoms with Crippen LogP contribution < -0.4 is 0 Å². The molecule has 0 aliphatic carbocycles. The summed E-state index contributed by atoms with van der Waals surface area (Å²) in [6.45, 7) is 55.4. The predicted octanol–water partition coefficient (Wildman–Crippen LogP) is 29.2. The summed E-state index contributed by atoms with van der Waals surface area (Å²) in [5.41, 5.74) is 18.8. The van der Waals surface area contributed by atoms with Crippen molar-refractivity contribution in [1.29, 1.82) is 0 Å². The standard InChI is InChI=1S/5C10H13Cl.C8H13ClN2.C8H11ClS.C8H14N2.C7H11ClN2/c3*1-7(2)10-6-9(11)5-4-8(10)3;1-7(2)9-5-4-6-10(11)8(9)3;1-7(2)10-8(3)5-4-6-9(10)11;1-5(2)7-6(3)10-11(4)8(7)9;1-5(2)7-4-6(3)10-8(7)9;1-6(2)8-5-10(4)7(3)9-8;1-5(2)6-7(8)10(3)4-9-6/h5*4-7H,1-3H3;5H,1-4H3;4-5H,1-3H3;5-6H,1-4H3;4-5H,1-3H3. The zero-order chi connectivity index (χ0) is 73.9. The number of thiophene rings is 1. The van der Waals surface area contributed by atoms with Crippen molar-refractivity contribution >= 4 is 104 Å². The lowest BCUT2D eigenvalue weighted by atomic mass is 9.98. The van der Waals surface area contributed by atoms with Gasteiger partial charge in [0.15, 0.2) is 0 Å². The fourth-order valence-electron chi connectivity index (χ4n) is 10.2. The maximum absolute atomic E-state index is 6.02. The Hall–Kier alpha value is -4.25. The fraction of sp³-hybridized carbons (Fsp3) is 0.469. The minimum atomic E-state index is 0.411. The second kappa shape index (κ2) is 44.1. The zero-order valence-corrected chi connectivity index (χ0v) is 70.1. The molecule has 96 heavy (non-hydrogen) atoms. The van der Waals surface area contributed by atoms with E-state index < -0.39 is 0 Å². The number of hydrogen-bond donors (Lipinski definition) is 0. The molecule has 6 nitrogen and oxygen atoms in total. The lowest BCUT2D eigenvalue weighted by molar-refractivity contribution is 0.757. The van der Waals surface area contributed by atoms with Gasteiger partial charge in [0, 0.05) is 62.9 Å². The zero-order valence-electron chi connectivity index (χ0n) is 63.2. The Labute approximate surface area is 626 Å². The lowest BCUT2D eigenvalue weighted by Gasteiger charge is -2.10. The van der Waals surface area contributed by atoms with Crippen LogP contribution in [-0.2, 0) is 21.1 Å². The average molecular weight is 1490 g/mol. The maximum Gasteiger partial charge on any atom is 0.131 e. The van der Waals surface area contributed by atoms with E-state index in [2.05, 4.69) is 228 Å². The molecule has 0 fully saturated rings. The number of hydrogen-bond acceptors (Lipinski definition) is 4. The van der Waals surface area contributed by atoms with Gasteiger partial charge in [0.25, 0.3) is 0 Å². The van der Waals surface area contributed by atoms with Crippen molar-refractivity contribution in [1.82, 2.24) is 28.9 Å². The average Bonchev–Trinajstić information content (AvgIpc) is 1.65. The molecule has 4 heterocycles. The molecule has 15 heteroatoms. The highest BCUT2D eigenvalue weighted by atomic mass is 35.5. The van der Waals surface area contributed by atoms with Gasteiger partial charge in [0.1, 0.15) is 16.1 Å². The Morgan fingerprint density at radius 2 is 0.802 bits per heavy atom. The Morgan fingerprint density at radius 1 is 0.385 bits per heavy atom. The van der Waals surface area contributed by atoms with Crippen LogP contribution in [0.5, 0.6) is 0 Å². The van der Waals surface area contributed by atoms with Crippen LogP contribution >= 0.6 is 104 Å². The normalized spacial score (nSPS) is 10.8. The summed E-state index contributed by atoms with van der Waals surface area (Å²) >= 11 is 49.1. The van der Waals surface area contributed by atoms with Crippen LogP contribution in [0.25, 0.3) is 0 Å². The molecule has 0 spiro atoms. The number of rotatable bonds is 9. The van der Waals surface area contributed by atoms with Crippen molar-refractivity contribution in [3.05, 3.63) is 244 Å². The van der Waals surface area contributed by atoms with E-state index >= 15 is 0 Å². The highest BCUT2D eigenvalue weighted by Crippen LogP contribution is 2.33. The molecule has 530 valence electrons. The molecule has 9 aromatic rings. The van der Waals surface area contributed by atoms with Gasteiger partial charge in [-0.15, -0.1) is 11.3 Å². The lowest BCUT2D eigenvalue weighted by Crippen LogP contribution is -1.92. The number of halogens is 8. The van der Waals surface area contributed by atoms with Crippen molar-refractivity contribution in [2.75, 3.05) is 0 Å². The van der Waals surface area contributed by atoms with Gasteiger partial charge >= 0.3 is 0 Å². The first kappa shape index (κ1) is 89.8. The van der Waals surface area contributed by atoms with Crippen molar-refractivity contribution in [2.45, 2.75) is 233 Å². The van der Waals surface area contributed by atoms with Crippen molar-refractivity contribution in [3.63, 3.8) is 0 Å². The van der Waals surface area contributed by atoms with Crippen LogP contribution in [0.2, 0.25) is 39.8 Å². The van der Waals surface area contributed by atoms with Crippen molar-refractivity contribution in [3.8, 4) is 0 Å². The first-order valence-corrected chi connectivity index (χ1v) is 37.2. The molecule has 4 aromatic heterocycles. The van der Waals surface area contributed by atoms with E-state index in [1.165, 1.54) is 71.8 Å². The Balaban J connectivity index is 0.000000540. The molecule has 0 unspecified atom stereocenters. The first-order chi connectivity index (χ1) is 44.5. The third kappa shape index (κ3) is 30.7. The van der Waals surface area contributed by atoms with Gasteiger partial charge < -0.3 is 9.13 Å². The van der Waals surface area contributed by atoms with Gasteiger partial charge in [-0.1, -0.05) is 260 Å². The van der Waals surface area contributed by atoms with E-state index in [1.54, 1.807) is 22.3 Å². The smallest absolute Gasteiger partial charge is 0.131 e. The number of imidazole rings is 2. The van der Waals surface area contributed by atoms with E-state index in [0.29, 0.717) is 53.3 Å². The van der Waals surface area contributed by atoms with Gasteiger partial charge in [-0.2, -0.15) is 5.10 Å². The van der Waals surface area contributed by atoms with Crippen LogP contribution in [0.4, 0.5) is 0 Å². The quantitative estimate of drug-likeness (QED) is 0.145. The summed E-state index contributed by atoms with van der Waals surface area (Å²) < 4.78 is 6.53. The minimum absolute atomic E-state index is 0.411. The molecule has 0 amide bonds. The molecule has 0 bridgehead atoms. The van der Waals surface area contributed by atoms with E-state index in [0.717, 1.165) is 62.5 Å². The third-order valence-corrected chi connectivity index (χ3v) is 19.4. The largest absolute Gasteiger partial charge is 0.338 e. The van der Waals surface area contributed by atoms with Crippen LogP contribution in [0.3, 0.4) is 0 Å². The second-order valence-corrected chi connectivity index (χ2v) is 31.9. The van der Waals surface area contributed by atoms with Crippen molar-refractivity contribution < 1.29 is 0 Å². The monoisotopic (exact) mass is 1480 g/mol. The summed E-state index contributed by atoms with van der Waals surface area (Å²) in [6, 6.07) is 32.4. The Bertz CT molecular complexity index is 3560. The summed E-state index contributed by atoms with van der Waals surface area (Å²) in [6.07, 6.45) is 3.82. The van der Waals surface area contributed by atoms with Gasteiger partial charge in [-0.25, -0.2) is 9.97 Å². The molecular weight excluding hydrogens is 1370 g/mol.